The molecular weight excluding hydrogens is 298 g/mol. The first-order valence-electron chi connectivity index (χ1n) is 7.37. The van der Waals surface area contributed by atoms with Crippen molar-refractivity contribution in [3.63, 3.8) is 0 Å². The van der Waals surface area contributed by atoms with Gasteiger partial charge in [0.1, 0.15) is 5.75 Å². The van der Waals surface area contributed by atoms with E-state index >= 15 is 0 Å². The van der Waals surface area contributed by atoms with Crippen molar-refractivity contribution in [1.82, 2.24) is 0 Å². The van der Waals surface area contributed by atoms with E-state index in [9.17, 15) is 4.79 Å². The molecule has 0 fully saturated rings. The van der Waals surface area contributed by atoms with E-state index in [1.54, 1.807) is 24.3 Å². The van der Waals surface area contributed by atoms with Crippen LogP contribution in [0.2, 0.25) is 5.02 Å². The number of ether oxygens (including phenoxy) is 1. The molecule has 2 aromatic carbocycles. The Hall–Kier alpha value is -2.00. The van der Waals surface area contributed by atoms with Crippen molar-refractivity contribution in [2.45, 2.75) is 26.2 Å². The van der Waals surface area contributed by atoms with Crippen molar-refractivity contribution >= 4 is 23.2 Å². The lowest BCUT2D eigenvalue weighted by Crippen LogP contribution is -2.21. The van der Waals surface area contributed by atoms with Gasteiger partial charge < -0.3 is 10.1 Å². The van der Waals surface area contributed by atoms with Gasteiger partial charge in [-0.25, -0.2) is 0 Å². The Morgan fingerprint density at radius 2 is 2.00 bits per heavy atom. The zero-order valence-electron chi connectivity index (χ0n) is 12.8. The van der Waals surface area contributed by atoms with Gasteiger partial charge in [0.15, 0.2) is 6.61 Å². The predicted molar refractivity (Wildman–Crippen MR) is 90.7 cm³/mol. The highest BCUT2D eigenvalue weighted by atomic mass is 35.5. The lowest BCUT2D eigenvalue weighted by atomic mass is 9.97. The van der Waals surface area contributed by atoms with Gasteiger partial charge in [0.25, 0.3) is 5.91 Å². The minimum absolute atomic E-state index is 0.0464. The summed E-state index contributed by atoms with van der Waals surface area (Å²) in [6, 6.07) is 14.9. The second-order valence-corrected chi connectivity index (χ2v) is 5.63. The standard InChI is InChI=1S/C18H20ClNO2/c1-3-13(2)16-9-4-5-10-17(16)20-18(21)12-22-15-8-6-7-14(19)11-15/h4-11,13H,3,12H2,1-2H3,(H,20,21)/t13-/m1/s1. The molecule has 4 heteroatoms. The van der Waals surface area contributed by atoms with Crippen molar-refractivity contribution in [3.8, 4) is 5.75 Å². The van der Waals surface area contributed by atoms with E-state index in [4.69, 9.17) is 16.3 Å². The summed E-state index contributed by atoms with van der Waals surface area (Å²) in [5, 5.41) is 3.50. The Bertz CT molecular complexity index is 642. The van der Waals surface area contributed by atoms with Crippen molar-refractivity contribution < 1.29 is 9.53 Å². The zero-order chi connectivity index (χ0) is 15.9. The number of para-hydroxylation sites is 1. The van der Waals surface area contributed by atoms with Gasteiger partial charge in [-0.1, -0.05) is 49.7 Å². The molecule has 0 saturated heterocycles. The Kier molecular flexibility index (Phi) is 5.84. The number of hydrogen-bond donors (Lipinski definition) is 1. The van der Waals surface area contributed by atoms with E-state index < -0.39 is 0 Å². The van der Waals surface area contributed by atoms with Crippen LogP contribution in [0.1, 0.15) is 31.7 Å². The lowest BCUT2D eigenvalue weighted by Gasteiger charge is -2.15. The molecule has 0 aliphatic rings. The normalized spacial score (nSPS) is 11.8. The molecule has 0 aliphatic heterocycles. The highest BCUT2D eigenvalue weighted by Crippen LogP contribution is 2.26. The fourth-order valence-corrected chi connectivity index (χ4v) is 2.33. The van der Waals surface area contributed by atoms with Crippen LogP contribution < -0.4 is 10.1 Å². The second kappa shape index (κ2) is 7.85. The predicted octanol–water partition coefficient (Wildman–Crippen LogP) is 4.87. The second-order valence-electron chi connectivity index (χ2n) is 5.19. The van der Waals surface area contributed by atoms with Crippen molar-refractivity contribution in [2.24, 2.45) is 0 Å². The average Bonchev–Trinajstić information content (AvgIpc) is 2.53. The molecule has 0 aromatic heterocycles. The van der Waals surface area contributed by atoms with Gasteiger partial charge in [-0.05, 0) is 42.2 Å². The minimum Gasteiger partial charge on any atom is -0.484 e. The number of carbonyl (C=O) groups excluding carboxylic acids is 1. The highest BCUT2D eigenvalue weighted by Gasteiger charge is 2.11. The maximum absolute atomic E-state index is 12.1. The molecule has 0 heterocycles. The number of rotatable bonds is 6. The average molecular weight is 318 g/mol. The summed E-state index contributed by atoms with van der Waals surface area (Å²) in [4.78, 5) is 12.1. The summed E-state index contributed by atoms with van der Waals surface area (Å²) in [7, 11) is 0. The summed E-state index contributed by atoms with van der Waals surface area (Å²) in [5.41, 5.74) is 1.98. The van der Waals surface area contributed by atoms with E-state index in [-0.39, 0.29) is 12.5 Å². The van der Waals surface area contributed by atoms with Crippen LogP contribution in [0.3, 0.4) is 0 Å². The molecule has 116 valence electrons. The number of amides is 1. The summed E-state index contributed by atoms with van der Waals surface area (Å²) in [6.07, 6.45) is 1.02. The van der Waals surface area contributed by atoms with Crippen LogP contribution >= 0.6 is 11.6 Å². The Morgan fingerprint density at radius 3 is 2.73 bits per heavy atom. The monoisotopic (exact) mass is 317 g/mol. The van der Waals surface area contributed by atoms with Crippen LogP contribution in [0.5, 0.6) is 5.75 Å². The molecule has 1 N–H and O–H groups in total. The number of hydrogen-bond acceptors (Lipinski definition) is 2. The summed E-state index contributed by atoms with van der Waals surface area (Å²) < 4.78 is 5.45. The molecule has 0 spiro atoms. The van der Waals surface area contributed by atoms with Crippen LogP contribution in [-0.4, -0.2) is 12.5 Å². The molecule has 0 bridgehead atoms. The fraction of sp³-hybridized carbons (Fsp3) is 0.278. The van der Waals surface area contributed by atoms with Gasteiger partial charge in [0.2, 0.25) is 0 Å². The van der Waals surface area contributed by atoms with Crippen LogP contribution in [0, 0.1) is 0 Å². The van der Waals surface area contributed by atoms with Crippen LogP contribution in [-0.2, 0) is 4.79 Å². The maximum atomic E-state index is 12.1. The molecule has 0 radical (unpaired) electrons. The van der Waals surface area contributed by atoms with Gasteiger partial charge in [0, 0.05) is 10.7 Å². The van der Waals surface area contributed by atoms with E-state index in [0.29, 0.717) is 16.7 Å². The van der Waals surface area contributed by atoms with Gasteiger partial charge >= 0.3 is 0 Å². The highest BCUT2D eigenvalue weighted by molar-refractivity contribution is 6.30. The molecule has 1 atom stereocenters. The van der Waals surface area contributed by atoms with Crippen molar-refractivity contribution in [2.75, 3.05) is 11.9 Å². The smallest absolute Gasteiger partial charge is 0.262 e. The fourth-order valence-electron chi connectivity index (χ4n) is 2.15. The topological polar surface area (TPSA) is 38.3 Å². The Morgan fingerprint density at radius 1 is 1.23 bits per heavy atom. The molecule has 1 amide bonds. The first-order chi connectivity index (χ1) is 10.6. The molecule has 3 nitrogen and oxygen atoms in total. The Balaban J connectivity index is 1.98. The summed E-state index contributed by atoms with van der Waals surface area (Å²) >= 11 is 5.88. The summed E-state index contributed by atoms with van der Waals surface area (Å²) in [5.74, 6) is 0.791. The maximum Gasteiger partial charge on any atom is 0.262 e. The van der Waals surface area contributed by atoms with Gasteiger partial charge in [-0.2, -0.15) is 0 Å². The quantitative estimate of drug-likeness (QED) is 0.825. The number of nitrogens with one attached hydrogen (secondary N) is 1. The van der Waals surface area contributed by atoms with E-state index in [1.807, 2.05) is 24.3 Å². The molecule has 22 heavy (non-hydrogen) atoms. The molecule has 2 aromatic rings. The molecule has 0 aliphatic carbocycles. The van der Waals surface area contributed by atoms with Gasteiger partial charge in [-0.3, -0.25) is 4.79 Å². The first-order valence-corrected chi connectivity index (χ1v) is 7.75. The molecular formula is C18H20ClNO2. The SMILES string of the molecule is CC[C@@H](C)c1ccccc1NC(=O)COc1cccc(Cl)c1. The number of halogens is 1. The Labute approximate surface area is 136 Å². The third-order valence-electron chi connectivity index (χ3n) is 3.54. The molecule has 0 saturated carbocycles. The van der Waals surface area contributed by atoms with Gasteiger partial charge in [-0.15, -0.1) is 0 Å². The number of anilines is 1. The van der Waals surface area contributed by atoms with E-state index in [1.165, 1.54) is 0 Å². The number of benzene rings is 2. The first kappa shape index (κ1) is 16.4. The number of carbonyl (C=O) groups is 1. The van der Waals surface area contributed by atoms with Crippen LogP contribution in [0.15, 0.2) is 48.5 Å². The summed E-state index contributed by atoms with van der Waals surface area (Å²) in [6.45, 7) is 4.23. The minimum atomic E-state index is -0.185. The van der Waals surface area contributed by atoms with E-state index in [2.05, 4.69) is 19.2 Å². The third-order valence-corrected chi connectivity index (χ3v) is 3.78. The van der Waals surface area contributed by atoms with Gasteiger partial charge in [0.05, 0.1) is 0 Å². The van der Waals surface area contributed by atoms with Crippen LogP contribution in [0.4, 0.5) is 5.69 Å². The lowest BCUT2D eigenvalue weighted by molar-refractivity contribution is -0.118. The van der Waals surface area contributed by atoms with Crippen LogP contribution in [0.25, 0.3) is 0 Å². The van der Waals surface area contributed by atoms with Crippen molar-refractivity contribution in [3.05, 3.63) is 59.1 Å². The molecule has 2 rings (SSSR count). The third kappa shape index (κ3) is 4.50. The zero-order valence-corrected chi connectivity index (χ0v) is 13.6. The largest absolute Gasteiger partial charge is 0.484 e. The van der Waals surface area contributed by atoms with Crippen molar-refractivity contribution in [1.29, 1.82) is 0 Å². The van der Waals surface area contributed by atoms with E-state index in [0.717, 1.165) is 17.7 Å². The molecule has 0 unspecified atom stereocenters.